The van der Waals surface area contributed by atoms with Crippen LogP contribution in [0, 0.1) is 6.92 Å². The Morgan fingerprint density at radius 2 is 2.47 bits per heavy atom. The number of amides is 1. The zero-order valence-electron chi connectivity index (χ0n) is 11.3. The summed E-state index contributed by atoms with van der Waals surface area (Å²) in [6, 6.07) is 0.0373. The summed E-state index contributed by atoms with van der Waals surface area (Å²) in [4.78, 5) is 23.4. The lowest BCUT2D eigenvalue weighted by atomic mass is 10.1. The number of aryl methyl sites for hydroxylation is 1. The van der Waals surface area contributed by atoms with Gasteiger partial charge in [-0.3, -0.25) is 9.59 Å². The van der Waals surface area contributed by atoms with Crippen LogP contribution in [0.4, 0.5) is 0 Å². The number of aromatic nitrogens is 1. The van der Waals surface area contributed by atoms with Crippen LogP contribution in [0.15, 0.2) is 10.2 Å². The quantitative estimate of drug-likeness (QED) is 0.886. The molecular weight excluding hydrogens is 264 g/mol. The summed E-state index contributed by atoms with van der Waals surface area (Å²) in [5.41, 5.74) is 0.912. The lowest BCUT2D eigenvalue weighted by Gasteiger charge is -2.20. The number of nitrogens with one attached hydrogen (secondary N) is 1. The Kier molecular flexibility index (Phi) is 4.76. The third-order valence-electron chi connectivity index (χ3n) is 3.45. The first kappa shape index (κ1) is 14.3. The van der Waals surface area contributed by atoms with Crippen molar-refractivity contribution in [2.24, 2.45) is 0 Å². The van der Waals surface area contributed by atoms with E-state index >= 15 is 0 Å². The summed E-state index contributed by atoms with van der Waals surface area (Å²) in [6.45, 7) is 5.08. The van der Waals surface area contributed by atoms with E-state index in [0.717, 1.165) is 25.1 Å². The third-order valence-corrected chi connectivity index (χ3v) is 4.33. The van der Waals surface area contributed by atoms with Gasteiger partial charge in [0.15, 0.2) is 0 Å². The van der Waals surface area contributed by atoms with Crippen LogP contribution in [0.5, 0.6) is 0 Å². The van der Waals surface area contributed by atoms with Crippen molar-refractivity contribution in [3.8, 4) is 0 Å². The van der Waals surface area contributed by atoms with Gasteiger partial charge in [0.25, 0.3) is 0 Å². The van der Waals surface area contributed by atoms with E-state index in [4.69, 9.17) is 4.74 Å². The van der Waals surface area contributed by atoms with E-state index < -0.39 is 0 Å². The van der Waals surface area contributed by atoms with Gasteiger partial charge in [0.1, 0.15) is 0 Å². The summed E-state index contributed by atoms with van der Waals surface area (Å²) >= 11 is 1.17. The van der Waals surface area contributed by atoms with E-state index in [9.17, 15) is 9.59 Å². The van der Waals surface area contributed by atoms with Gasteiger partial charge in [0.2, 0.25) is 5.91 Å². The number of hydrogen-bond acceptors (Lipinski definition) is 4. The molecule has 2 rings (SSSR count). The zero-order valence-corrected chi connectivity index (χ0v) is 12.2. The van der Waals surface area contributed by atoms with Crippen molar-refractivity contribution in [3.05, 3.63) is 20.7 Å². The highest BCUT2D eigenvalue weighted by molar-refractivity contribution is 7.07. The predicted molar refractivity (Wildman–Crippen MR) is 74.5 cm³/mol. The molecule has 2 atom stereocenters. The average molecular weight is 284 g/mol. The van der Waals surface area contributed by atoms with Gasteiger partial charge in [-0.2, -0.15) is 0 Å². The van der Waals surface area contributed by atoms with Gasteiger partial charge in [-0.1, -0.05) is 11.3 Å². The van der Waals surface area contributed by atoms with Crippen LogP contribution in [-0.2, 0) is 16.1 Å². The molecule has 5 nitrogen and oxygen atoms in total. The van der Waals surface area contributed by atoms with Gasteiger partial charge in [0.05, 0.1) is 12.1 Å². The number of rotatable bonds is 5. The summed E-state index contributed by atoms with van der Waals surface area (Å²) in [7, 11) is 0. The predicted octanol–water partition coefficient (Wildman–Crippen LogP) is 1.29. The van der Waals surface area contributed by atoms with Crippen LogP contribution in [0.1, 0.15) is 31.9 Å². The minimum absolute atomic E-state index is 0.00234. The molecule has 19 heavy (non-hydrogen) atoms. The Balaban J connectivity index is 1.80. The maximum Gasteiger partial charge on any atom is 0.307 e. The summed E-state index contributed by atoms with van der Waals surface area (Å²) < 4.78 is 7.18. The molecular formula is C13H20N2O3S. The van der Waals surface area contributed by atoms with Crippen molar-refractivity contribution in [2.75, 3.05) is 6.61 Å². The van der Waals surface area contributed by atoms with E-state index in [-0.39, 0.29) is 22.9 Å². The van der Waals surface area contributed by atoms with E-state index in [2.05, 4.69) is 5.32 Å². The highest BCUT2D eigenvalue weighted by Gasteiger charge is 2.23. The van der Waals surface area contributed by atoms with Crippen LogP contribution in [-0.4, -0.2) is 29.2 Å². The van der Waals surface area contributed by atoms with E-state index in [0.29, 0.717) is 13.0 Å². The van der Waals surface area contributed by atoms with Crippen LogP contribution in [0.25, 0.3) is 0 Å². The molecule has 2 heterocycles. The highest BCUT2D eigenvalue weighted by Crippen LogP contribution is 2.15. The van der Waals surface area contributed by atoms with Crippen LogP contribution >= 0.6 is 11.3 Å². The fraction of sp³-hybridized carbons (Fsp3) is 0.692. The molecule has 1 aromatic heterocycles. The highest BCUT2D eigenvalue weighted by atomic mass is 32.1. The SMILES string of the molecule is Cc1csc(=O)n1CCC(=O)NC(C)C1CCCO1. The van der Waals surface area contributed by atoms with Crippen molar-refractivity contribution in [1.82, 2.24) is 9.88 Å². The minimum atomic E-state index is -0.0273. The normalized spacial score (nSPS) is 20.4. The molecule has 0 aromatic carbocycles. The molecule has 1 aliphatic heterocycles. The topological polar surface area (TPSA) is 60.3 Å². The smallest absolute Gasteiger partial charge is 0.307 e. The number of carbonyl (C=O) groups excluding carboxylic acids is 1. The monoisotopic (exact) mass is 284 g/mol. The molecule has 1 N–H and O–H groups in total. The largest absolute Gasteiger partial charge is 0.376 e. The maximum atomic E-state index is 11.8. The molecule has 2 unspecified atom stereocenters. The number of nitrogens with zero attached hydrogens (tertiary/aromatic N) is 1. The molecule has 1 amide bonds. The molecule has 1 aliphatic rings. The summed E-state index contributed by atoms with van der Waals surface area (Å²) in [5, 5.41) is 4.76. The molecule has 6 heteroatoms. The van der Waals surface area contributed by atoms with Crippen molar-refractivity contribution in [1.29, 1.82) is 0 Å². The molecule has 0 saturated carbocycles. The Hall–Kier alpha value is -1.14. The molecule has 0 spiro atoms. The zero-order chi connectivity index (χ0) is 13.8. The van der Waals surface area contributed by atoms with Crippen LogP contribution in [0.3, 0.4) is 0 Å². The molecule has 1 aromatic rings. The fourth-order valence-electron chi connectivity index (χ4n) is 2.30. The Labute approximate surface area is 116 Å². The second-order valence-corrected chi connectivity index (χ2v) is 5.77. The lowest BCUT2D eigenvalue weighted by molar-refractivity contribution is -0.122. The number of thiazole rings is 1. The standard InChI is InChI=1S/C13H20N2O3S/c1-9-8-19-13(17)15(9)6-5-12(16)14-10(2)11-4-3-7-18-11/h8,10-11H,3-7H2,1-2H3,(H,14,16). The molecule has 0 aliphatic carbocycles. The van der Waals surface area contributed by atoms with E-state index in [1.54, 1.807) is 4.57 Å². The van der Waals surface area contributed by atoms with E-state index in [1.165, 1.54) is 11.3 Å². The van der Waals surface area contributed by atoms with Crippen LogP contribution < -0.4 is 10.2 Å². The molecule has 106 valence electrons. The molecule has 0 bridgehead atoms. The first-order valence-electron chi connectivity index (χ1n) is 6.64. The maximum absolute atomic E-state index is 11.8. The summed E-state index contributed by atoms with van der Waals surface area (Å²) in [5.74, 6) is -0.0273. The summed E-state index contributed by atoms with van der Waals surface area (Å²) in [6.07, 6.45) is 2.53. The average Bonchev–Trinajstić information content (AvgIpc) is 2.98. The van der Waals surface area contributed by atoms with Crippen LogP contribution in [0.2, 0.25) is 0 Å². The molecule has 1 fully saturated rings. The van der Waals surface area contributed by atoms with Gasteiger partial charge in [-0.25, -0.2) is 0 Å². The van der Waals surface area contributed by atoms with Gasteiger partial charge in [0, 0.05) is 30.6 Å². The third kappa shape index (κ3) is 3.67. The van der Waals surface area contributed by atoms with E-state index in [1.807, 2.05) is 19.2 Å². The number of ether oxygens (including phenoxy) is 1. The van der Waals surface area contributed by atoms with Crippen molar-refractivity contribution >= 4 is 17.2 Å². The molecule has 1 saturated heterocycles. The van der Waals surface area contributed by atoms with Gasteiger partial charge in [-0.05, 0) is 26.7 Å². The Morgan fingerprint density at radius 3 is 3.05 bits per heavy atom. The van der Waals surface area contributed by atoms with Crippen molar-refractivity contribution in [3.63, 3.8) is 0 Å². The molecule has 0 radical (unpaired) electrons. The second kappa shape index (κ2) is 6.34. The van der Waals surface area contributed by atoms with Crippen molar-refractivity contribution < 1.29 is 9.53 Å². The first-order valence-corrected chi connectivity index (χ1v) is 7.52. The number of hydrogen-bond donors (Lipinski definition) is 1. The Bertz CT molecular complexity index is 488. The van der Waals surface area contributed by atoms with Gasteiger partial charge >= 0.3 is 4.87 Å². The van der Waals surface area contributed by atoms with Crippen molar-refractivity contribution in [2.45, 2.75) is 51.8 Å². The lowest BCUT2D eigenvalue weighted by Crippen LogP contribution is -2.41. The second-order valence-electron chi connectivity index (χ2n) is 4.95. The fourth-order valence-corrected chi connectivity index (χ4v) is 3.06. The van der Waals surface area contributed by atoms with Gasteiger partial charge in [-0.15, -0.1) is 0 Å². The minimum Gasteiger partial charge on any atom is -0.376 e. The number of carbonyl (C=O) groups is 1. The Morgan fingerprint density at radius 1 is 1.68 bits per heavy atom. The van der Waals surface area contributed by atoms with Gasteiger partial charge < -0.3 is 14.6 Å². The first-order chi connectivity index (χ1) is 9.08.